The van der Waals surface area contributed by atoms with Crippen molar-refractivity contribution < 1.29 is 14.3 Å². The van der Waals surface area contributed by atoms with Gasteiger partial charge in [-0.3, -0.25) is 0 Å². The third-order valence-corrected chi connectivity index (χ3v) is 3.11. The first kappa shape index (κ1) is 13.8. The highest BCUT2D eigenvalue weighted by Crippen LogP contribution is 2.25. The Kier molecular flexibility index (Phi) is 4.04. The number of aromatic nitrogens is 1. The van der Waals surface area contributed by atoms with Crippen LogP contribution in [0.1, 0.15) is 30.1 Å². The number of rotatable bonds is 4. The van der Waals surface area contributed by atoms with Crippen LogP contribution in [0.5, 0.6) is 0 Å². The third kappa shape index (κ3) is 3.23. The standard InChI is InChI=1S/C14H14BrNO3/c1-8(2)7-11-12(14(17)18)19-13(16-11)9-3-5-10(15)6-4-9/h3-6,8H,7H2,1-2H3,(H,17,18). The number of nitrogens with zero attached hydrogens (tertiary/aromatic N) is 1. The largest absolute Gasteiger partial charge is 0.475 e. The molecule has 1 heterocycles. The number of carboxylic acid groups (broad SMARTS) is 1. The first-order valence-electron chi connectivity index (χ1n) is 5.96. The van der Waals surface area contributed by atoms with Crippen LogP contribution in [-0.2, 0) is 6.42 Å². The number of aromatic carboxylic acids is 1. The Morgan fingerprint density at radius 3 is 2.53 bits per heavy atom. The molecule has 0 fully saturated rings. The molecule has 19 heavy (non-hydrogen) atoms. The van der Waals surface area contributed by atoms with Gasteiger partial charge in [0, 0.05) is 10.0 Å². The molecule has 1 aromatic heterocycles. The minimum Gasteiger partial charge on any atom is -0.475 e. The molecule has 0 saturated carbocycles. The van der Waals surface area contributed by atoms with Crippen LogP contribution >= 0.6 is 15.9 Å². The second kappa shape index (κ2) is 5.57. The van der Waals surface area contributed by atoms with Gasteiger partial charge in [0.1, 0.15) is 0 Å². The summed E-state index contributed by atoms with van der Waals surface area (Å²) >= 11 is 3.35. The highest BCUT2D eigenvalue weighted by atomic mass is 79.9. The normalized spacial score (nSPS) is 10.9. The Labute approximate surface area is 119 Å². The van der Waals surface area contributed by atoms with Gasteiger partial charge in [-0.2, -0.15) is 0 Å². The number of halogens is 1. The van der Waals surface area contributed by atoms with Crippen LogP contribution in [0.3, 0.4) is 0 Å². The van der Waals surface area contributed by atoms with E-state index >= 15 is 0 Å². The van der Waals surface area contributed by atoms with Crippen LogP contribution in [0.2, 0.25) is 0 Å². The molecule has 0 spiro atoms. The summed E-state index contributed by atoms with van der Waals surface area (Å²) in [7, 11) is 0. The fourth-order valence-electron chi connectivity index (χ4n) is 1.76. The average Bonchev–Trinajstić information content (AvgIpc) is 2.73. The van der Waals surface area contributed by atoms with E-state index in [0.717, 1.165) is 10.0 Å². The molecule has 5 heteroatoms. The zero-order valence-electron chi connectivity index (χ0n) is 10.7. The summed E-state index contributed by atoms with van der Waals surface area (Å²) in [5.74, 6) is -0.473. The van der Waals surface area contributed by atoms with Crippen molar-refractivity contribution in [3.8, 4) is 11.5 Å². The van der Waals surface area contributed by atoms with Gasteiger partial charge in [-0.05, 0) is 36.6 Å². The molecular weight excluding hydrogens is 310 g/mol. The van der Waals surface area contributed by atoms with E-state index in [1.165, 1.54) is 0 Å². The molecule has 1 N–H and O–H groups in total. The van der Waals surface area contributed by atoms with Crippen molar-refractivity contribution in [3.63, 3.8) is 0 Å². The van der Waals surface area contributed by atoms with Crippen LogP contribution in [0.15, 0.2) is 33.2 Å². The van der Waals surface area contributed by atoms with Gasteiger partial charge in [0.25, 0.3) is 0 Å². The van der Waals surface area contributed by atoms with Gasteiger partial charge >= 0.3 is 5.97 Å². The Morgan fingerprint density at radius 1 is 1.37 bits per heavy atom. The lowest BCUT2D eigenvalue weighted by molar-refractivity contribution is 0.0661. The van der Waals surface area contributed by atoms with E-state index in [4.69, 9.17) is 9.52 Å². The smallest absolute Gasteiger partial charge is 0.373 e. The van der Waals surface area contributed by atoms with Crippen LogP contribution < -0.4 is 0 Å². The highest BCUT2D eigenvalue weighted by molar-refractivity contribution is 9.10. The zero-order chi connectivity index (χ0) is 14.0. The molecule has 0 aliphatic carbocycles. The predicted molar refractivity (Wildman–Crippen MR) is 75.1 cm³/mol. The van der Waals surface area contributed by atoms with E-state index in [2.05, 4.69) is 20.9 Å². The Hall–Kier alpha value is -1.62. The van der Waals surface area contributed by atoms with Crippen molar-refractivity contribution in [2.24, 2.45) is 5.92 Å². The molecular formula is C14H14BrNO3. The van der Waals surface area contributed by atoms with Crippen LogP contribution in [0.25, 0.3) is 11.5 Å². The fourth-order valence-corrected chi connectivity index (χ4v) is 2.02. The molecule has 0 atom stereocenters. The van der Waals surface area contributed by atoms with E-state index in [0.29, 0.717) is 23.9 Å². The number of carboxylic acids is 1. The lowest BCUT2D eigenvalue weighted by Crippen LogP contribution is -2.03. The lowest BCUT2D eigenvalue weighted by atomic mass is 10.1. The number of hydrogen-bond donors (Lipinski definition) is 1. The summed E-state index contributed by atoms with van der Waals surface area (Å²) in [4.78, 5) is 15.5. The maximum Gasteiger partial charge on any atom is 0.373 e. The van der Waals surface area contributed by atoms with E-state index in [1.54, 1.807) is 0 Å². The van der Waals surface area contributed by atoms with Crippen molar-refractivity contribution in [3.05, 3.63) is 40.2 Å². The lowest BCUT2D eigenvalue weighted by Gasteiger charge is -2.00. The summed E-state index contributed by atoms with van der Waals surface area (Å²) < 4.78 is 6.32. The monoisotopic (exact) mass is 323 g/mol. The second-order valence-electron chi connectivity index (χ2n) is 4.70. The fraction of sp³-hybridized carbons (Fsp3) is 0.286. The molecule has 0 bridgehead atoms. The van der Waals surface area contributed by atoms with Crippen LogP contribution in [0, 0.1) is 5.92 Å². The van der Waals surface area contributed by atoms with E-state index in [-0.39, 0.29) is 5.76 Å². The van der Waals surface area contributed by atoms with Crippen molar-refractivity contribution >= 4 is 21.9 Å². The van der Waals surface area contributed by atoms with Gasteiger partial charge in [-0.25, -0.2) is 9.78 Å². The molecule has 0 unspecified atom stereocenters. The summed E-state index contributed by atoms with van der Waals surface area (Å²) in [5, 5.41) is 9.14. The highest BCUT2D eigenvalue weighted by Gasteiger charge is 2.20. The third-order valence-electron chi connectivity index (χ3n) is 2.58. The molecule has 2 rings (SSSR count). The number of hydrogen-bond acceptors (Lipinski definition) is 3. The summed E-state index contributed by atoms with van der Waals surface area (Å²) in [6, 6.07) is 7.39. The Morgan fingerprint density at radius 2 is 2.00 bits per heavy atom. The molecule has 4 nitrogen and oxygen atoms in total. The van der Waals surface area contributed by atoms with E-state index in [1.807, 2.05) is 38.1 Å². The van der Waals surface area contributed by atoms with Crippen molar-refractivity contribution in [2.45, 2.75) is 20.3 Å². The molecule has 0 saturated heterocycles. The molecule has 1 aromatic carbocycles. The van der Waals surface area contributed by atoms with Gasteiger partial charge in [-0.15, -0.1) is 0 Å². The first-order valence-corrected chi connectivity index (χ1v) is 6.75. The minimum absolute atomic E-state index is 0.0633. The molecule has 100 valence electrons. The maximum absolute atomic E-state index is 11.2. The summed E-state index contributed by atoms with van der Waals surface area (Å²) in [6.07, 6.45) is 0.585. The Bertz CT molecular complexity index is 587. The Balaban J connectivity index is 2.42. The van der Waals surface area contributed by atoms with Crippen LogP contribution in [-0.4, -0.2) is 16.1 Å². The molecule has 0 amide bonds. The molecule has 0 aliphatic rings. The number of carbonyl (C=O) groups is 1. The van der Waals surface area contributed by atoms with Crippen molar-refractivity contribution in [1.82, 2.24) is 4.98 Å². The predicted octanol–water partition coefficient (Wildman–Crippen LogP) is 4.00. The zero-order valence-corrected chi connectivity index (χ0v) is 12.3. The van der Waals surface area contributed by atoms with Gasteiger partial charge in [-0.1, -0.05) is 29.8 Å². The SMILES string of the molecule is CC(C)Cc1nc(-c2ccc(Br)cc2)oc1C(=O)O. The topological polar surface area (TPSA) is 63.3 Å². The van der Waals surface area contributed by atoms with E-state index in [9.17, 15) is 4.79 Å². The van der Waals surface area contributed by atoms with Gasteiger partial charge in [0.05, 0.1) is 5.69 Å². The summed E-state index contributed by atoms with van der Waals surface area (Å²) in [6.45, 7) is 4.03. The van der Waals surface area contributed by atoms with Gasteiger partial charge in [0.15, 0.2) is 0 Å². The van der Waals surface area contributed by atoms with Crippen molar-refractivity contribution in [2.75, 3.05) is 0 Å². The van der Waals surface area contributed by atoms with Gasteiger partial charge < -0.3 is 9.52 Å². The number of oxazole rings is 1. The van der Waals surface area contributed by atoms with Crippen molar-refractivity contribution in [1.29, 1.82) is 0 Å². The molecule has 0 radical (unpaired) electrons. The average molecular weight is 324 g/mol. The maximum atomic E-state index is 11.2. The van der Waals surface area contributed by atoms with Crippen LogP contribution in [0.4, 0.5) is 0 Å². The molecule has 0 aliphatic heterocycles. The quantitative estimate of drug-likeness (QED) is 0.923. The number of benzene rings is 1. The minimum atomic E-state index is -1.08. The second-order valence-corrected chi connectivity index (χ2v) is 5.62. The first-order chi connectivity index (χ1) is 8.97. The molecule has 2 aromatic rings. The summed E-state index contributed by atoms with van der Waals surface area (Å²) in [5.41, 5.74) is 1.26. The van der Waals surface area contributed by atoms with Gasteiger partial charge in [0.2, 0.25) is 11.7 Å². The van der Waals surface area contributed by atoms with E-state index < -0.39 is 5.97 Å².